The van der Waals surface area contributed by atoms with E-state index in [-0.39, 0.29) is 11.9 Å². The van der Waals surface area contributed by atoms with E-state index in [1.165, 1.54) is 5.56 Å². The first kappa shape index (κ1) is 17.5. The Labute approximate surface area is 159 Å². The maximum Gasteiger partial charge on any atom is 0.273 e. The summed E-state index contributed by atoms with van der Waals surface area (Å²) in [7, 11) is 1.68. The molecule has 27 heavy (non-hydrogen) atoms. The molecule has 1 aliphatic rings. The van der Waals surface area contributed by atoms with E-state index in [2.05, 4.69) is 53.5 Å². The number of carbonyl (C=O) groups excluding carboxylic acids is 1. The Balaban J connectivity index is 1.80. The van der Waals surface area contributed by atoms with Crippen LogP contribution in [0.2, 0.25) is 0 Å². The molecular formula is C22H23N3O2. The van der Waals surface area contributed by atoms with Crippen LogP contribution in [0.25, 0.3) is 11.3 Å². The molecule has 1 unspecified atom stereocenters. The zero-order valence-corrected chi connectivity index (χ0v) is 15.6. The SMILES string of the molecule is COCCCN1C(=O)c2[nH]nc(-c3ccc(C)cc3)c2C1c1ccccc1. The molecular weight excluding hydrogens is 338 g/mol. The number of hydrogen-bond acceptors (Lipinski definition) is 3. The molecule has 2 heterocycles. The lowest BCUT2D eigenvalue weighted by Crippen LogP contribution is -2.31. The van der Waals surface area contributed by atoms with Crippen molar-refractivity contribution in [3.05, 3.63) is 77.0 Å². The van der Waals surface area contributed by atoms with Gasteiger partial charge in [0.15, 0.2) is 0 Å². The van der Waals surface area contributed by atoms with Gasteiger partial charge in [0.25, 0.3) is 5.91 Å². The molecule has 4 rings (SSSR count). The van der Waals surface area contributed by atoms with Crippen molar-refractivity contribution < 1.29 is 9.53 Å². The Kier molecular flexibility index (Phi) is 4.77. The molecule has 1 atom stereocenters. The number of aromatic nitrogens is 2. The molecule has 5 nitrogen and oxygen atoms in total. The Morgan fingerprint density at radius 1 is 1.11 bits per heavy atom. The number of nitrogens with zero attached hydrogens (tertiary/aromatic N) is 2. The molecule has 0 fully saturated rings. The van der Waals surface area contributed by atoms with Gasteiger partial charge in [0.05, 0.1) is 11.7 Å². The van der Waals surface area contributed by atoms with E-state index < -0.39 is 0 Å². The number of aryl methyl sites for hydroxylation is 1. The topological polar surface area (TPSA) is 58.2 Å². The highest BCUT2D eigenvalue weighted by Gasteiger charge is 2.41. The molecule has 5 heteroatoms. The van der Waals surface area contributed by atoms with E-state index >= 15 is 0 Å². The van der Waals surface area contributed by atoms with Crippen LogP contribution in [-0.4, -0.2) is 41.3 Å². The number of H-pyrrole nitrogens is 1. The van der Waals surface area contributed by atoms with Crippen molar-refractivity contribution >= 4 is 5.91 Å². The lowest BCUT2D eigenvalue weighted by atomic mass is 9.96. The third-order valence-corrected chi connectivity index (χ3v) is 5.05. The Hall–Kier alpha value is -2.92. The summed E-state index contributed by atoms with van der Waals surface area (Å²) in [5, 5.41) is 7.49. The van der Waals surface area contributed by atoms with Crippen LogP contribution < -0.4 is 0 Å². The Morgan fingerprint density at radius 3 is 2.56 bits per heavy atom. The summed E-state index contributed by atoms with van der Waals surface area (Å²) in [4.78, 5) is 15.0. The van der Waals surface area contributed by atoms with Crippen LogP contribution in [0.1, 0.15) is 39.6 Å². The van der Waals surface area contributed by atoms with Crippen LogP contribution in [0.5, 0.6) is 0 Å². The first-order valence-electron chi connectivity index (χ1n) is 9.21. The van der Waals surface area contributed by atoms with E-state index in [9.17, 15) is 4.79 Å². The van der Waals surface area contributed by atoms with Gasteiger partial charge in [-0.05, 0) is 18.9 Å². The van der Waals surface area contributed by atoms with Gasteiger partial charge in [0, 0.05) is 31.4 Å². The minimum Gasteiger partial charge on any atom is -0.385 e. The molecule has 0 aliphatic carbocycles. The number of amides is 1. The van der Waals surface area contributed by atoms with Crippen molar-refractivity contribution in [1.29, 1.82) is 0 Å². The summed E-state index contributed by atoms with van der Waals surface area (Å²) < 4.78 is 5.18. The van der Waals surface area contributed by atoms with Gasteiger partial charge >= 0.3 is 0 Å². The number of rotatable bonds is 6. The van der Waals surface area contributed by atoms with E-state index in [0.29, 0.717) is 18.8 Å². The molecule has 3 aromatic rings. The van der Waals surface area contributed by atoms with Crippen molar-refractivity contribution in [3.63, 3.8) is 0 Å². The number of fused-ring (bicyclic) bond motifs is 1. The quantitative estimate of drug-likeness (QED) is 0.676. The van der Waals surface area contributed by atoms with Gasteiger partial charge < -0.3 is 9.64 Å². The predicted molar refractivity (Wildman–Crippen MR) is 105 cm³/mol. The highest BCUT2D eigenvalue weighted by atomic mass is 16.5. The van der Waals surface area contributed by atoms with E-state index in [1.54, 1.807) is 7.11 Å². The van der Waals surface area contributed by atoms with Crippen LogP contribution in [0, 0.1) is 6.92 Å². The van der Waals surface area contributed by atoms with E-state index in [4.69, 9.17) is 4.74 Å². The van der Waals surface area contributed by atoms with Crippen LogP contribution in [0.4, 0.5) is 0 Å². The number of methoxy groups -OCH3 is 1. The van der Waals surface area contributed by atoms with E-state index in [0.717, 1.165) is 28.8 Å². The number of benzene rings is 2. The molecule has 0 saturated heterocycles. The first-order chi connectivity index (χ1) is 13.2. The van der Waals surface area contributed by atoms with Crippen LogP contribution in [0.15, 0.2) is 54.6 Å². The smallest absolute Gasteiger partial charge is 0.273 e. The van der Waals surface area contributed by atoms with Gasteiger partial charge in [0.2, 0.25) is 0 Å². The molecule has 0 bridgehead atoms. The lowest BCUT2D eigenvalue weighted by molar-refractivity contribution is 0.0723. The largest absolute Gasteiger partial charge is 0.385 e. The third kappa shape index (κ3) is 3.15. The molecule has 0 spiro atoms. The average molecular weight is 361 g/mol. The minimum atomic E-state index is -0.138. The molecule has 1 N–H and O–H groups in total. The lowest BCUT2D eigenvalue weighted by Gasteiger charge is -2.26. The van der Waals surface area contributed by atoms with Crippen LogP contribution in [0.3, 0.4) is 0 Å². The van der Waals surface area contributed by atoms with Crippen molar-refractivity contribution in [1.82, 2.24) is 15.1 Å². The molecule has 1 aromatic heterocycles. The van der Waals surface area contributed by atoms with Gasteiger partial charge in [-0.25, -0.2) is 0 Å². The summed E-state index contributed by atoms with van der Waals surface area (Å²) in [5.74, 6) is 0.000757. The van der Waals surface area contributed by atoms with Crippen molar-refractivity contribution in [2.45, 2.75) is 19.4 Å². The standard InChI is InChI=1S/C22H23N3O2/c1-15-9-11-16(12-10-15)19-18-20(24-23-19)22(26)25(13-6-14-27-2)21(18)17-7-4-3-5-8-17/h3-5,7-12,21H,6,13-14H2,1-2H3,(H,23,24). The molecule has 0 radical (unpaired) electrons. The molecule has 2 aromatic carbocycles. The highest BCUT2D eigenvalue weighted by molar-refractivity contribution is 6.00. The van der Waals surface area contributed by atoms with Gasteiger partial charge in [-0.15, -0.1) is 0 Å². The van der Waals surface area contributed by atoms with Crippen molar-refractivity contribution in [2.75, 3.05) is 20.3 Å². The maximum absolute atomic E-state index is 13.1. The minimum absolute atomic E-state index is 0.000757. The summed E-state index contributed by atoms with van der Waals surface area (Å²) in [5.41, 5.74) is 5.72. The summed E-state index contributed by atoms with van der Waals surface area (Å²) in [6, 6.07) is 18.3. The summed E-state index contributed by atoms with van der Waals surface area (Å²) in [6.45, 7) is 3.33. The molecule has 0 saturated carbocycles. The van der Waals surface area contributed by atoms with Gasteiger partial charge in [-0.2, -0.15) is 5.10 Å². The fraction of sp³-hybridized carbons (Fsp3) is 0.273. The Bertz CT molecular complexity index is 932. The van der Waals surface area contributed by atoms with Gasteiger partial charge in [0.1, 0.15) is 5.69 Å². The van der Waals surface area contributed by atoms with Gasteiger partial charge in [-0.3, -0.25) is 9.89 Å². The predicted octanol–water partition coefficient (Wildman–Crippen LogP) is 3.97. The number of ether oxygens (including phenoxy) is 1. The van der Waals surface area contributed by atoms with Crippen molar-refractivity contribution in [3.8, 4) is 11.3 Å². The fourth-order valence-electron chi connectivity index (χ4n) is 3.72. The number of carbonyl (C=O) groups is 1. The average Bonchev–Trinajstić information content (AvgIpc) is 3.23. The van der Waals surface area contributed by atoms with Crippen LogP contribution >= 0.6 is 0 Å². The zero-order chi connectivity index (χ0) is 18.8. The van der Waals surface area contributed by atoms with Crippen LogP contribution in [-0.2, 0) is 4.74 Å². The zero-order valence-electron chi connectivity index (χ0n) is 15.6. The maximum atomic E-state index is 13.1. The highest BCUT2D eigenvalue weighted by Crippen LogP contribution is 2.42. The number of aromatic amines is 1. The molecule has 1 amide bonds. The van der Waals surface area contributed by atoms with E-state index in [1.807, 2.05) is 23.1 Å². The monoisotopic (exact) mass is 361 g/mol. The second-order valence-corrected chi connectivity index (χ2v) is 6.89. The van der Waals surface area contributed by atoms with Gasteiger partial charge in [-0.1, -0.05) is 60.2 Å². The summed E-state index contributed by atoms with van der Waals surface area (Å²) in [6.07, 6.45) is 0.795. The normalized spacial score (nSPS) is 16.0. The Morgan fingerprint density at radius 2 is 1.85 bits per heavy atom. The summed E-state index contributed by atoms with van der Waals surface area (Å²) >= 11 is 0. The number of hydrogen-bond donors (Lipinski definition) is 1. The number of nitrogens with one attached hydrogen (secondary N) is 1. The molecule has 1 aliphatic heterocycles. The van der Waals surface area contributed by atoms with Crippen molar-refractivity contribution in [2.24, 2.45) is 0 Å². The fourth-order valence-corrected chi connectivity index (χ4v) is 3.72. The second kappa shape index (κ2) is 7.37. The first-order valence-corrected chi connectivity index (χ1v) is 9.21. The second-order valence-electron chi connectivity index (χ2n) is 6.89. The molecule has 138 valence electrons. The third-order valence-electron chi connectivity index (χ3n) is 5.05.